The number of rotatable bonds is 9. The van der Waals surface area contributed by atoms with Gasteiger partial charge in [-0.05, 0) is 68.5 Å². The van der Waals surface area contributed by atoms with Crippen LogP contribution in [0.1, 0.15) is 55.0 Å². The van der Waals surface area contributed by atoms with Gasteiger partial charge in [0.2, 0.25) is 0 Å². The number of hydrogen-bond acceptors (Lipinski definition) is 5. The minimum Gasteiger partial charge on any atom is -0.619 e. The van der Waals surface area contributed by atoms with Crippen LogP contribution in [0.3, 0.4) is 0 Å². The Balaban J connectivity index is 1.73. The lowest BCUT2D eigenvalue weighted by molar-refractivity contribution is -0.605. The maximum Gasteiger partial charge on any atom is 0.387 e. The molecular formula is C25H26F2N2O4. The van der Waals surface area contributed by atoms with Gasteiger partial charge in [-0.15, -0.1) is 0 Å². The number of ether oxygens (including phenoxy) is 2. The van der Waals surface area contributed by atoms with E-state index in [0.29, 0.717) is 12.1 Å². The molecule has 8 heteroatoms. The van der Waals surface area contributed by atoms with Crippen LogP contribution in [0, 0.1) is 5.21 Å². The average Bonchev–Trinajstić information content (AvgIpc) is 3.57. The van der Waals surface area contributed by atoms with Crippen LogP contribution in [-0.4, -0.2) is 22.8 Å². The summed E-state index contributed by atoms with van der Waals surface area (Å²) in [5, 5.41) is 22.0. The van der Waals surface area contributed by atoms with Crippen molar-refractivity contribution in [2.24, 2.45) is 0 Å². The number of hydrogen-bond donors (Lipinski definition) is 1. The van der Waals surface area contributed by atoms with Crippen LogP contribution in [0.15, 0.2) is 61.1 Å². The molecule has 0 bridgehead atoms. The number of benzene rings is 1. The standard InChI is InChI=1S/C25H26F2N2O4/c1-25(2,30)23-10-6-18(14-28-23)20(12-16-4-3-11-29(31)15-16)17-5-9-21(33-24(26)27)22(13-17)32-19-7-8-19/h3-6,9-11,13-15,19-20,24,30H,7-8,12H2,1-2H3/t20-/m0/s1. The van der Waals surface area contributed by atoms with Crippen LogP contribution >= 0.6 is 0 Å². The first kappa shape index (κ1) is 22.9. The molecule has 1 aromatic carbocycles. The lowest BCUT2D eigenvalue weighted by atomic mass is 9.86. The summed E-state index contributed by atoms with van der Waals surface area (Å²) in [6.45, 7) is 0.364. The van der Waals surface area contributed by atoms with Crippen molar-refractivity contribution >= 4 is 0 Å². The fourth-order valence-corrected chi connectivity index (χ4v) is 3.65. The SMILES string of the molecule is CC(C)(O)c1ccc([C@@H](Cc2ccc[n+]([O-])c2)c2ccc(OC(F)F)c(OC3CC3)c2)cn1. The van der Waals surface area contributed by atoms with Crippen molar-refractivity contribution in [3.8, 4) is 11.5 Å². The first-order valence-electron chi connectivity index (χ1n) is 10.8. The van der Waals surface area contributed by atoms with Gasteiger partial charge in [0.15, 0.2) is 23.9 Å². The van der Waals surface area contributed by atoms with E-state index in [1.807, 2.05) is 12.1 Å². The lowest BCUT2D eigenvalue weighted by Crippen LogP contribution is -2.25. The molecule has 0 spiro atoms. The van der Waals surface area contributed by atoms with Crippen molar-refractivity contribution in [2.75, 3.05) is 0 Å². The highest BCUT2D eigenvalue weighted by molar-refractivity contribution is 5.47. The maximum atomic E-state index is 12.9. The molecule has 6 nitrogen and oxygen atoms in total. The Morgan fingerprint density at radius 1 is 1.15 bits per heavy atom. The molecule has 1 fully saturated rings. The predicted octanol–water partition coefficient (Wildman–Crippen LogP) is 4.46. The fraction of sp³-hybridized carbons (Fsp3) is 0.360. The predicted molar refractivity (Wildman–Crippen MR) is 117 cm³/mol. The normalized spacial score (nSPS) is 14.8. The zero-order chi connectivity index (χ0) is 23.6. The quantitative estimate of drug-likeness (QED) is 0.380. The van der Waals surface area contributed by atoms with Crippen molar-refractivity contribution in [3.63, 3.8) is 0 Å². The van der Waals surface area contributed by atoms with Crippen molar-refractivity contribution in [1.29, 1.82) is 0 Å². The van der Waals surface area contributed by atoms with Gasteiger partial charge in [-0.3, -0.25) is 4.98 Å². The van der Waals surface area contributed by atoms with Crippen molar-refractivity contribution in [3.05, 3.63) is 88.6 Å². The van der Waals surface area contributed by atoms with E-state index < -0.39 is 12.2 Å². The molecular weight excluding hydrogens is 430 g/mol. The number of aliphatic hydroxyl groups is 1. The topological polar surface area (TPSA) is 78.5 Å². The van der Waals surface area contributed by atoms with Gasteiger partial charge in [0, 0.05) is 23.7 Å². The second-order valence-electron chi connectivity index (χ2n) is 8.77. The van der Waals surface area contributed by atoms with Gasteiger partial charge < -0.3 is 19.8 Å². The number of aromatic nitrogens is 2. The van der Waals surface area contributed by atoms with Gasteiger partial charge in [-0.25, -0.2) is 0 Å². The Morgan fingerprint density at radius 2 is 1.91 bits per heavy atom. The molecule has 0 amide bonds. The maximum absolute atomic E-state index is 12.9. The van der Waals surface area contributed by atoms with Crippen LogP contribution in [0.4, 0.5) is 8.78 Å². The summed E-state index contributed by atoms with van der Waals surface area (Å²) in [6.07, 6.45) is 6.83. The first-order valence-corrected chi connectivity index (χ1v) is 10.8. The Morgan fingerprint density at radius 3 is 2.52 bits per heavy atom. The molecule has 1 saturated carbocycles. The number of nitrogens with zero attached hydrogens (tertiary/aromatic N) is 2. The van der Waals surface area contributed by atoms with Crippen molar-refractivity contribution in [2.45, 2.75) is 57.3 Å². The van der Waals surface area contributed by atoms with E-state index in [4.69, 9.17) is 4.74 Å². The smallest absolute Gasteiger partial charge is 0.387 e. The average molecular weight is 456 g/mol. The minimum atomic E-state index is -2.96. The third-order valence-corrected chi connectivity index (χ3v) is 5.50. The van der Waals surface area contributed by atoms with Gasteiger partial charge in [0.05, 0.1) is 11.8 Å². The van der Waals surface area contributed by atoms with Crippen molar-refractivity contribution < 1.29 is 28.1 Å². The molecule has 0 aliphatic heterocycles. The fourth-order valence-electron chi connectivity index (χ4n) is 3.65. The highest BCUT2D eigenvalue weighted by Crippen LogP contribution is 2.39. The van der Waals surface area contributed by atoms with Gasteiger partial charge in [0.1, 0.15) is 5.60 Å². The van der Waals surface area contributed by atoms with E-state index in [1.165, 1.54) is 18.5 Å². The molecule has 0 saturated heterocycles. The zero-order valence-corrected chi connectivity index (χ0v) is 18.4. The molecule has 1 atom stereocenters. The van der Waals surface area contributed by atoms with Gasteiger partial charge >= 0.3 is 6.61 Å². The third kappa shape index (κ3) is 5.96. The van der Waals surface area contributed by atoms with Gasteiger partial charge in [0.25, 0.3) is 0 Å². The largest absolute Gasteiger partial charge is 0.619 e. The summed E-state index contributed by atoms with van der Waals surface area (Å²) in [6, 6.07) is 12.1. The van der Waals surface area contributed by atoms with E-state index in [1.54, 1.807) is 44.3 Å². The monoisotopic (exact) mass is 456 g/mol. The summed E-state index contributed by atoms with van der Waals surface area (Å²) >= 11 is 0. The van der Waals surface area contributed by atoms with E-state index in [-0.39, 0.29) is 23.5 Å². The summed E-state index contributed by atoms with van der Waals surface area (Å²) < 4.78 is 37.1. The summed E-state index contributed by atoms with van der Waals surface area (Å²) in [4.78, 5) is 4.42. The zero-order valence-electron chi connectivity index (χ0n) is 18.4. The number of pyridine rings is 2. The van der Waals surface area contributed by atoms with Gasteiger partial charge in [-0.1, -0.05) is 12.1 Å². The highest BCUT2D eigenvalue weighted by Gasteiger charge is 2.27. The molecule has 3 aromatic rings. The third-order valence-electron chi connectivity index (χ3n) is 5.50. The molecule has 4 rings (SSSR count). The molecule has 2 heterocycles. The van der Waals surface area contributed by atoms with Crippen LogP contribution in [-0.2, 0) is 12.0 Å². The Hall–Kier alpha value is -3.26. The Labute approximate surface area is 191 Å². The molecule has 174 valence electrons. The minimum absolute atomic E-state index is 0.00000280. The van der Waals surface area contributed by atoms with E-state index in [2.05, 4.69) is 9.72 Å². The highest BCUT2D eigenvalue weighted by atomic mass is 19.3. The van der Waals surface area contributed by atoms with Crippen LogP contribution < -0.4 is 14.2 Å². The van der Waals surface area contributed by atoms with Crippen LogP contribution in [0.25, 0.3) is 0 Å². The Bertz CT molecular complexity index is 1100. The van der Waals surface area contributed by atoms with E-state index in [0.717, 1.165) is 34.3 Å². The summed E-state index contributed by atoms with van der Waals surface area (Å²) in [5.41, 5.74) is 1.92. The molecule has 0 unspecified atom stereocenters. The van der Waals surface area contributed by atoms with Crippen LogP contribution in [0.2, 0.25) is 0 Å². The second-order valence-corrected chi connectivity index (χ2v) is 8.77. The molecule has 0 radical (unpaired) electrons. The molecule has 1 aliphatic rings. The van der Waals surface area contributed by atoms with E-state index in [9.17, 15) is 19.1 Å². The summed E-state index contributed by atoms with van der Waals surface area (Å²) in [5.74, 6) is 0.0262. The van der Waals surface area contributed by atoms with Crippen LogP contribution in [0.5, 0.6) is 11.5 Å². The second kappa shape index (κ2) is 9.31. The lowest BCUT2D eigenvalue weighted by Gasteiger charge is -2.22. The molecule has 1 aliphatic carbocycles. The molecule has 33 heavy (non-hydrogen) atoms. The van der Waals surface area contributed by atoms with Crippen molar-refractivity contribution in [1.82, 2.24) is 4.98 Å². The first-order chi connectivity index (χ1) is 15.7. The Kier molecular flexibility index (Phi) is 6.47. The number of halogens is 2. The summed E-state index contributed by atoms with van der Waals surface area (Å²) in [7, 11) is 0. The van der Waals surface area contributed by atoms with Gasteiger partial charge in [-0.2, -0.15) is 13.5 Å². The molecule has 2 aromatic heterocycles. The van der Waals surface area contributed by atoms with E-state index >= 15 is 0 Å². The number of alkyl halides is 2. The molecule has 1 N–H and O–H groups in total.